The summed E-state index contributed by atoms with van der Waals surface area (Å²) in [4.78, 5) is 23.2. The van der Waals surface area contributed by atoms with Crippen molar-refractivity contribution in [2.75, 3.05) is 14.2 Å². The summed E-state index contributed by atoms with van der Waals surface area (Å²) in [6, 6.07) is 3.83. The van der Waals surface area contributed by atoms with Crippen LogP contribution in [0.3, 0.4) is 0 Å². The monoisotopic (exact) mass is 326 g/mol. The molecule has 1 rings (SSSR count). The van der Waals surface area contributed by atoms with Gasteiger partial charge in [0.1, 0.15) is 11.6 Å². The minimum atomic E-state index is -1.19. The normalized spacial score (nSPS) is 12.8. The first-order valence-corrected chi connectivity index (χ1v) is 6.95. The quantitative estimate of drug-likeness (QED) is 0.832. The number of ether oxygens (including phenoxy) is 3. The molecule has 1 aromatic rings. The number of methoxy groups -OCH3 is 2. The van der Waals surface area contributed by atoms with Gasteiger partial charge in [0.25, 0.3) is 0 Å². The second-order valence-electron chi connectivity index (χ2n) is 5.58. The summed E-state index contributed by atoms with van der Waals surface area (Å²) in [6.07, 6.45) is -0.827. The van der Waals surface area contributed by atoms with Crippen LogP contribution in [0.2, 0.25) is 0 Å². The molecule has 0 aromatic heterocycles. The van der Waals surface area contributed by atoms with E-state index in [1.54, 1.807) is 32.0 Å². The second-order valence-corrected chi connectivity index (χ2v) is 5.58. The molecule has 1 aromatic carbocycles. The minimum absolute atomic E-state index is 0.0477. The Bertz CT molecular complexity index is 590. The lowest BCUT2D eigenvalue weighted by molar-refractivity contribution is -0.139. The Morgan fingerprint density at radius 2 is 1.96 bits per heavy atom. The van der Waals surface area contributed by atoms with Crippen molar-refractivity contribution in [3.05, 3.63) is 23.8 Å². The smallest absolute Gasteiger partial charge is 0.408 e. The van der Waals surface area contributed by atoms with Gasteiger partial charge in [-0.15, -0.1) is 0 Å². The highest BCUT2D eigenvalue weighted by atomic mass is 16.6. The van der Waals surface area contributed by atoms with E-state index in [0.29, 0.717) is 17.1 Å². The lowest BCUT2D eigenvalue weighted by Gasteiger charge is -2.22. The Morgan fingerprint density at radius 3 is 2.48 bits per heavy atom. The molecule has 0 heterocycles. The van der Waals surface area contributed by atoms with Crippen LogP contribution in [0.15, 0.2) is 18.2 Å². The number of benzene rings is 1. The molecule has 1 amide bonds. The fourth-order valence-electron chi connectivity index (χ4n) is 1.87. The van der Waals surface area contributed by atoms with Crippen molar-refractivity contribution in [2.24, 2.45) is 0 Å². The molecule has 128 valence electrons. The van der Waals surface area contributed by atoms with Gasteiger partial charge >= 0.3 is 12.1 Å². The fraction of sp³-hybridized carbons (Fsp3) is 0.500. The number of carbonyl (C=O) groups excluding carboxylic acids is 1. The first kappa shape index (κ1) is 16.9. The third-order valence-corrected chi connectivity index (χ3v) is 2.85. The highest BCUT2D eigenvalue weighted by Gasteiger charge is 2.24. The van der Waals surface area contributed by atoms with Crippen LogP contribution in [-0.2, 0) is 16.0 Å². The summed E-state index contributed by atoms with van der Waals surface area (Å²) in [6.45, 7) is 3.02. The van der Waals surface area contributed by atoms with Crippen molar-refractivity contribution in [1.82, 2.24) is 5.32 Å². The largest absolute Gasteiger partial charge is 0.493 e. The van der Waals surface area contributed by atoms with Crippen molar-refractivity contribution in [3.8, 4) is 11.5 Å². The number of carbonyl (C=O) groups is 2. The minimum Gasteiger partial charge on any atom is -0.493 e. The molecule has 0 aliphatic carbocycles. The number of nitrogens with one attached hydrogen (secondary N) is 1. The van der Waals surface area contributed by atoms with Crippen LogP contribution in [0.1, 0.15) is 27.7 Å². The molecule has 0 bridgehead atoms. The number of carboxylic acids is 1. The maximum Gasteiger partial charge on any atom is 0.408 e. The van der Waals surface area contributed by atoms with Gasteiger partial charge in [-0.25, -0.2) is 9.59 Å². The Kier molecular flexibility index (Phi) is 5.67. The zero-order valence-electron chi connectivity index (χ0n) is 14.7. The van der Waals surface area contributed by atoms with Gasteiger partial charge in [-0.05, 0) is 38.4 Å². The van der Waals surface area contributed by atoms with Gasteiger partial charge < -0.3 is 24.6 Å². The molecule has 0 unspecified atom stereocenters. The lowest BCUT2D eigenvalue weighted by Crippen LogP contribution is -2.44. The third-order valence-electron chi connectivity index (χ3n) is 2.85. The maximum absolute atomic E-state index is 11.8. The molecule has 0 aliphatic rings. The number of hydrogen-bond acceptors (Lipinski definition) is 5. The molecular weight excluding hydrogens is 302 g/mol. The van der Waals surface area contributed by atoms with E-state index in [9.17, 15) is 14.7 Å². The fourth-order valence-corrected chi connectivity index (χ4v) is 1.87. The zero-order chi connectivity index (χ0) is 18.3. The van der Waals surface area contributed by atoms with E-state index in [1.165, 1.54) is 14.2 Å². The predicted molar refractivity (Wildman–Crippen MR) is 84.0 cm³/mol. The van der Waals surface area contributed by atoms with Crippen molar-refractivity contribution in [3.63, 3.8) is 0 Å². The third kappa shape index (κ3) is 6.06. The molecule has 7 heteroatoms. The number of rotatable bonds is 6. The van der Waals surface area contributed by atoms with E-state index < -0.39 is 23.7 Å². The average Bonchev–Trinajstić information content (AvgIpc) is 2.53. The van der Waals surface area contributed by atoms with Gasteiger partial charge in [0.05, 0.1) is 14.2 Å². The summed E-state index contributed by atoms with van der Waals surface area (Å²) in [5.41, 5.74) is -0.337. The first-order chi connectivity index (χ1) is 11.2. The van der Waals surface area contributed by atoms with E-state index in [4.69, 9.17) is 15.6 Å². The lowest BCUT2D eigenvalue weighted by atomic mass is 10.1. The molecule has 23 heavy (non-hydrogen) atoms. The SMILES string of the molecule is [2H]CC(C)(C)OC(=O)N[C@@H](Cc1ccc(OC)c(OC)c1)C(=O)O. The van der Waals surface area contributed by atoms with Crippen LogP contribution < -0.4 is 14.8 Å². The van der Waals surface area contributed by atoms with Crippen molar-refractivity contribution < 1.29 is 30.3 Å². The predicted octanol–water partition coefficient (Wildman–Crippen LogP) is 2.22. The molecular formula is C16H23NO6. The van der Waals surface area contributed by atoms with Crippen LogP contribution in [-0.4, -0.2) is 43.0 Å². The standard InChI is InChI=1S/C16H23NO6/c1-16(2,3)23-15(20)17-11(14(18)19)8-10-6-7-12(21-4)13(9-10)22-5/h6-7,9,11H,8H2,1-5H3,(H,17,20)(H,18,19)/t11-/m0/s1/i1D. The molecule has 0 aliphatic heterocycles. The Morgan fingerprint density at radius 1 is 1.30 bits per heavy atom. The number of aliphatic carboxylic acids is 1. The number of amides is 1. The Labute approximate surface area is 136 Å². The van der Waals surface area contributed by atoms with Crippen LogP contribution >= 0.6 is 0 Å². The highest BCUT2D eigenvalue weighted by molar-refractivity contribution is 5.80. The number of hydrogen-bond donors (Lipinski definition) is 2. The molecule has 0 fully saturated rings. The van der Waals surface area contributed by atoms with E-state index in [1.807, 2.05) is 0 Å². The highest BCUT2D eigenvalue weighted by Crippen LogP contribution is 2.28. The van der Waals surface area contributed by atoms with Crippen LogP contribution in [0, 0.1) is 0 Å². The van der Waals surface area contributed by atoms with Gasteiger partial charge in [0.2, 0.25) is 0 Å². The van der Waals surface area contributed by atoms with Crippen LogP contribution in [0.25, 0.3) is 0 Å². The van der Waals surface area contributed by atoms with E-state index in [2.05, 4.69) is 5.32 Å². The van der Waals surface area contributed by atoms with Gasteiger partial charge in [-0.2, -0.15) is 0 Å². The van der Waals surface area contributed by atoms with Gasteiger partial charge in [0, 0.05) is 7.79 Å². The summed E-state index contributed by atoms with van der Waals surface area (Å²) in [5, 5.41) is 11.6. The van der Waals surface area contributed by atoms with Crippen LogP contribution in [0.5, 0.6) is 11.5 Å². The average molecular weight is 326 g/mol. The zero-order valence-corrected chi connectivity index (χ0v) is 13.7. The molecule has 0 saturated carbocycles. The molecule has 1 atom stereocenters. The van der Waals surface area contributed by atoms with Gasteiger partial charge in [-0.3, -0.25) is 0 Å². The second kappa shape index (κ2) is 7.71. The van der Waals surface area contributed by atoms with Gasteiger partial charge in [-0.1, -0.05) is 6.07 Å². The van der Waals surface area contributed by atoms with Crippen molar-refractivity contribution >= 4 is 12.1 Å². The number of alkyl carbamates (subject to hydrolysis) is 1. The van der Waals surface area contributed by atoms with E-state index in [-0.39, 0.29) is 13.3 Å². The summed E-state index contributed by atoms with van der Waals surface area (Å²) in [5.74, 6) is -0.194. The summed E-state index contributed by atoms with van der Waals surface area (Å²) >= 11 is 0. The topological polar surface area (TPSA) is 94.1 Å². The van der Waals surface area contributed by atoms with E-state index in [0.717, 1.165) is 0 Å². The van der Waals surface area contributed by atoms with Crippen LogP contribution in [0.4, 0.5) is 4.79 Å². The summed E-state index contributed by atoms with van der Waals surface area (Å²) in [7, 11) is 2.98. The first-order valence-electron chi connectivity index (χ1n) is 7.65. The molecule has 2 N–H and O–H groups in total. The van der Waals surface area contributed by atoms with Gasteiger partial charge in [0.15, 0.2) is 11.5 Å². The Balaban J connectivity index is 2.83. The molecule has 7 nitrogen and oxygen atoms in total. The molecule has 0 radical (unpaired) electrons. The van der Waals surface area contributed by atoms with E-state index >= 15 is 0 Å². The summed E-state index contributed by atoms with van der Waals surface area (Å²) < 4.78 is 22.6. The number of carboxylic acid groups (broad SMARTS) is 1. The molecule has 0 spiro atoms. The maximum atomic E-state index is 11.8. The molecule has 0 saturated heterocycles. The Hall–Kier alpha value is -2.44. The van der Waals surface area contributed by atoms with Crippen molar-refractivity contribution in [2.45, 2.75) is 38.8 Å². The van der Waals surface area contributed by atoms with Crippen molar-refractivity contribution in [1.29, 1.82) is 0 Å².